The average Bonchev–Trinajstić information content (AvgIpc) is 2.86. The number of sulfonamides is 1. The number of thiophene rings is 1. The van der Waals surface area contributed by atoms with Crippen molar-refractivity contribution in [2.75, 3.05) is 19.8 Å². The molecule has 0 aliphatic carbocycles. The van der Waals surface area contributed by atoms with Gasteiger partial charge >= 0.3 is 0 Å². The summed E-state index contributed by atoms with van der Waals surface area (Å²) < 4.78 is 32.8. The fraction of sp³-hybridized carbons (Fsp3) is 0.667. The maximum absolute atomic E-state index is 12.2. The van der Waals surface area contributed by atoms with Crippen LogP contribution in [0, 0.1) is 0 Å². The van der Waals surface area contributed by atoms with Gasteiger partial charge in [-0.1, -0.05) is 6.92 Å². The standard InChI is InChI=1S/C12H20N2O3S2/c1-2-13-7-10-6-12(18-9-10)19(15,16)14-11-4-3-5-17-8-11/h6,9,11,13-14H,2-5,7-8H2,1H3. The minimum absolute atomic E-state index is 0.0990. The Kier molecular flexibility index (Phi) is 5.35. The predicted molar refractivity (Wildman–Crippen MR) is 75.9 cm³/mol. The van der Waals surface area contributed by atoms with Crippen molar-refractivity contribution in [1.29, 1.82) is 0 Å². The Bertz CT molecular complexity index is 493. The summed E-state index contributed by atoms with van der Waals surface area (Å²) in [5, 5.41) is 5.07. The highest BCUT2D eigenvalue weighted by molar-refractivity contribution is 7.91. The van der Waals surface area contributed by atoms with Crippen molar-refractivity contribution in [3.8, 4) is 0 Å². The third-order valence-corrected chi connectivity index (χ3v) is 5.96. The summed E-state index contributed by atoms with van der Waals surface area (Å²) in [7, 11) is -3.40. The van der Waals surface area contributed by atoms with Gasteiger partial charge in [-0.2, -0.15) is 0 Å². The largest absolute Gasteiger partial charge is 0.380 e. The van der Waals surface area contributed by atoms with Crippen molar-refractivity contribution in [2.24, 2.45) is 0 Å². The minimum atomic E-state index is -3.40. The van der Waals surface area contributed by atoms with Crippen molar-refractivity contribution in [1.82, 2.24) is 10.0 Å². The third-order valence-electron chi connectivity index (χ3n) is 2.96. The monoisotopic (exact) mass is 304 g/mol. The van der Waals surface area contributed by atoms with Crippen LogP contribution in [-0.2, 0) is 21.3 Å². The summed E-state index contributed by atoms with van der Waals surface area (Å²) in [6, 6.07) is 1.64. The van der Waals surface area contributed by atoms with Gasteiger partial charge in [-0.05, 0) is 36.4 Å². The van der Waals surface area contributed by atoms with Gasteiger partial charge in [-0.15, -0.1) is 11.3 Å². The molecular formula is C12H20N2O3S2. The highest BCUT2D eigenvalue weighted by atomic mass is 32.2. The van der Waals surface area contributed by atoms with E-state index in [9.17, 15) is 8.42 Å². The molecule has 1 atom stereocenters. The van der Waals surface area contributed by atoms with Crippen LogP contribution in [0.3, 0.4) is 0 Å². The fourth-order valence-corrected chi connectivity index (χ4v) is 4.45. The van der Waals surface area contributed by atoms with Crippen molar-refractivity contribution in [3.05, 3.63) is 17.0 Å². The second-order valence-electron chi connectivity index (χ2n) is 4.59. The predicted octanol–water partition coefficient (Wildman–Crippen LogP) is 1.31. The van der Waals surface area contributed by atoms with E-state index in [1.54, 1.807) is 6.07 Å². The second kappa shape index (κ2) is 6.81. The van der Waals surface area contributed by atoms with Crippen molar-refractivity contribution in [3.63, 3.8) is 0 Å². The van der Waals surface area contributed by atoms with Crippen LogP contribution in [0.2, 0.25) is 0 Å². The quantitative estimate of drug-likeness (QED) is 0.832. The first-order valence-electron chi connectivity index (χ1n) is 6.50. The van der Waals surface area contributed by atoms with Crippen LogP contribution < -0.4 is 10.0 Å². The normalized spacial score (nSPS) is 20.6. The van der Waals surface area contributed by atoms with Crippen molar-refractivity contribution >= 4 is 21.4 Å². The van der Waals surface area contributed by atoms with Crippen molar-refractivity contribution in [2.45, 2.75) is 36.6 Å². The van der Waals surface area contributed by atoms with E-state index in [0.717, 1.165) is 31.6 Å². The molecular weight excluding hydrogens is 284 g/mol. The zero-order chi connectivity index (χ0) is 13.7. The molecule has 0 bridgehead atoms. The summed E-state index contributed by atoms with van der Waals surface area (Å²) in [4.78, 5) is 0. The van der Waals surface area contributed by atoms with E-state index >= 15 is 0 Å². The van der Waals surface area contributed by atoms with E-state index in [0.29, 0.717) is 17.4 Å². The van der Waals surface area contributed by atoms with Gasteiger partial charge in [0, 0.05) is 19.2 Å². The van der Waals surface area contributed by atoms with Gasteiger partial charge in [0.05, 0.1) is 6.61 Å². The van der Waals surface area contributed by atoms with Crippen LogP contribution >= 0.6 is 11.3 Å². The number of rotatable bonds is 6. The van der Waals surface area contributed by atoms with Crippen LogP contribution in [0.1, 0.15) is 25.3 Å². The second-order valence-corrected chi connectivity index (χ2v) is 7.44. The van der Waals surface area contributed by atoms with Gasteiger partial charge < -0.3 is 10.1 Å². The number of hydrogen-bond donors (Lipinski definition) is 2. The first-order valence-corrected chi connectivity index (χ1v) is 8.86. The number of nitrogens with one attached hydrogen (secondary N) is 2. The van der Waals surface area contributed by atoms with Crippen LogP contribution in [-0.4, -0.2) is 34.2 Å². The molecule has 19 heavy (non-hydrogen) atoms. The van der Waals surface area contributed by atoms with E-state index < -0.39 is 10.0 Å². The summed E-state index contributed by atoms with van der Waals surface area (Å²) in [6.07, 6.45) is 1.75. The van der Waals surface area contributed by atoms with E-state index in [-0.39, 0.29) is 6.04 Å². The van der Waals surface area contributed by atoms with Crippen LogP contribution in [0.25, 0.3) is 0 Å². The molecule has 1 aliphatic heterocycles. The lowest BCUT2D eigenvalue weighted by Gasteiger charge is -2.22. The smallest absolute Gasteiger partial charge is 0.250 e. The first-order chi connectivity index (χ1) is 9.12. The molecule has 0 spiro atoms. The SMILES string of the molecule is CCNCc1csc(S(=O)(=O)NC2CCCOC2)c1. The van der Waals surface area contributed by atoms with Gasteiger partial charge in [0.2, 0.25) is 10.0 Å². The molecule has 2 heterocycles. The molecule has 1 aliphatic rings. The van der Waals surface area contributed by atoms with E-state index in [1.807, 2.05) is 12.3 Å². The highest BCUT2D eigenvalue weighted by Crippen LogP contribution is 2.21. The molecule has 1 unspecified atom stereocenters. The van der Waals surface area contributed by atoms with Gasteiger partial charge in [0.25, 0.3) is 0 Å². The van der Waals surface area contributed by atoms with Crippen LogP contribution in [0.5, 0.6) is 0 Å². The Labute approximate surface area is 118 Å². The zero-order valence-corrected chi connectivity index (χ0v) is 12.6. The first kappa shape index (κ1) is 14.9. The van der Waals surface area contributed by atoms with Crippen molar-refractivity contribution < 1.29 is 13.2 Å². The van der Waals surface area contributed by atoms with Gasteiger partial charge in [0.15, 0.2) is 0 Å². The molecule has 0 amide bonds. The third kappa shape index (κ3) is 4.25. The molecule has 1 fully saturated rings. The average molecular weight is 304 g/mol. The maximum Gasteiger partial charge on any atom is 0.250 e. The van der Waals surface area contributed by atoms with Gasteiger partial charge in [-0.3, -0.25) is 0 Å². The Morgan fingerprint density at radius 1 is 1.53 bits per heavy atom. The molecule has 108 valence electrons. The maximum atomic E-state index is 12.2. The lowest BCUT2D eigenvalue weighted by Crippen LogP contribution is -2.40. The Balaban J connectivity index is 1.99. The molecule has 0 radical (unpaired) electrons. The Morgan fingerprint density at radius 2 is 2.37 bits per heavy atom. The molecule has 1 saturated heterocycles. The van der Waals surface area contributed by atoms with E-state index in [2.05, 4.69) is 10.0 Å². The minimum Gasteiger partial charge on any atom is -0.380 e. The summed E-state index contributed by atoms with van der Waals surface area (Å²) in [5.41, 5.74) is 1.01. The molecule has 2 N–H and O–H groups in total. The molecule has 2 rings (SSSR count). The lowest BCUT2D eigenvalue weighted by atomic mass is 10.1. The van der Waals surface area contributed by atoms with E-state index in [1.165, 1.54) is 11.3 Å². The molecule has 1 aromatic heterocycles. The molecule has 5 nitrogen and oxygen atoms in total. The molecule has 0 aromatic carbocycles. The fourth-order valence-electron chi connectivity index (χ4n) is 1.97. The summed E-state index contributed by atoms with van der Waals surface area (Å²) in [6.45, 7) is 4.79. The molecule has 0 saturated carbocycles. The zero-order valence-electron chi connectivity index (χ0n) is 11.0. The van der Waals surface area contributed by atoms with Crippen LogP contribution in [0.15, 0.2) is 15.7 Å². The van der Waals surface area contributed by atoms with Gasteiger partial charge in [-0.25, -0.2) is 13.1 Å². The number of ether oxygens (including phenoxy) is 1. The van der Waals surface area contributed by atoms with Crippen LogP contribution in [0.4, 0.5) is 0 Å². The highest BCUT2D eigenvalue weighted by Gasteiger charge is 2.23. The topological polar surface area (TPSA) is 67.4 Å². The van der Waals surface area contributed by atoms with Gasteiger partial charge in [0.1, 0.15) is 4.21 Å². The summed E-state index contributed by atoms with van der Waals surface area (Å²) in [5.74, 6) is 0. The number of hydrogen-bond acceptors (Lipinski definition) is 5. The Morgan fingerprint density at radius 3 is 3.05 bits per heavy atom. The lowest BCUT2D eigenvalue weighted by molar-refractivity contribution is 0.0774. The van der Waals surface area contributed by atoms with E-state index in [4.69, 9.17) is 4.74 Å². The molecule has 1 aromatic rings. The summed E-state index contributed by atoms with van der Waals surface area (Å²) >= 11 is 1.26. The molecule has 7 heteroatoms. The Hall–Kier alpha value is -0.470.